The maximum Gasteiger partial charge on any atom is 0.257 e. The lowest BCUT2D eigenvalue weighted by Crippen LogP contribution is -2.40. The molecule has 0 saturated carbocycles. The van der Waals surface area contributed by atoms with Gasteiger partial charge >= 0.3 is 0 Å². The van der Waals surface area contributed by atoms with Gasteiger partial charge in [-0.3, -0.25) is 4.79 Å². The lowest BCUT2D eigenvalue weighted by Gasteiger charge is -2.33. The topological polar surface area (TPSA) is 78.3 Å². The minimum atomic E-state index is -0.342. The fraction of sp³-hybridized carbons (Fsp3) is 0.350. The molecule has 0 unspecified atom stereocenters. The molecule has 0 radical (unpaired) electrons. The van der Waals surface area contributed by atoms with E-state index in [0.29, 0.717) is 23.8 Å². The van der Waals surface area contributed by atoms with E-state index >= 15 is 0 Å². The summed E-state index contributed by atoms with van der Waals surface area (Å²) in [4.78, 5) is 18.4. The SMILES string of the molecule is N#Cc1cccnc1N1CCC(CNC(=O)COc2ccc(F)cc2)CC1. The maximum absolute atomic E-state index is 12.8. The molecule has 0 atom stereocenters. The van der Waals surface area contributed by atoms with Crippen molar-refractivity contribution in [3.8, 4) is 11.8 Å². The smallest absolute Gasteiger partial charge is 0.257 e. The lowest BCUT2D eigenvalue weighted by molar-refractivity contribution is -0.123. The Morgan fingerprint density at radius 3 is 2.74 bits per heavy atom. The second-order valence-electron chi connectivity index (χ2n) is 6.46. The molecule has 27 heavy (non-hydrogen) atoms. The van der Waals surface area contributed by atoms with E-state index in [-0.39, 0.29) is 18.3 Å². The molecule has 1 saturated heterocycles. The molecule has 1 aromatic carbocycles. The molecule has 1 N–H and O–H groups in total. The minimum absolute atomic E-state index is 0.0933. The number of nitriles is 1. The van der Waals surface area contributed by atoms with Crippen LogP contribution in [0.1, 0.15) is 18.4 Å². The predicted octanol–water partition coefficient (Wildman–Crippen LogP) is 2.50. The van der Waals surface area contributed by atoms with Crippen LogP contribution in [0.3, 0.4) is 0 Å². The van der Waals surface area contributed by atoms with Gasteiger partial charge < -0.3 is 15.0 Å². The molecule has 3 rings (SSSR count). The quantitative estimate of drug-likeness (QED) is 0.848. The highest BCUT2D eigenvalue weighted by Crippen LogP contribution is 2.23. The fourth-order valence-electron chi connectivity index (χ4n) is 3.07. The summed E-state index contributed by atoms with van der Waals surface area (Å²) < 4.78 is 18.2. The van der Waals surface area contributed by atoms with Crippen molar-refractivity contribution in [2.45, 2.75) is 12.8 Å². The van der Waals surface area contributed by atoms with Crippen LogP contribution in [0.15, 0.2) is 42.6 Å². The number of halogens is 1. The van der Waals surface area contributed by atoms with Gasteiger partial charge in [-0.25, -0.2) is 9.37 Å². The molecule has 1 amide bonds. The monoisotopic (exact) mass is 368 g/mol. The van der Waals surface area contributed by atoms with Crippen LogP contribution in [0, 0.1) is 23.1 Å². The molecule has 0 spiro atoms. The number of benzene rings is 1. The summed E-state index contributed by atoms with van der Waals surface area (Å²) in [6, 6.07) is 11.3. The summed E-state index contributed by atoms with van der Waals surface area (Å²) in [5.74, 6) is 1.04. The van der Waals surface area contributed by atoms with Crippen LogP contribution in [-0.4, -0.2) is 37.1 Å². The molecular weight excluding hydrogens is 347 g/mol. The average molecular weight is 368 g/mol. The maximum atomic E-state index is 12.8. The Balaban J connectivity index is 1.40. The Bertz CT molecular complexity index is 811. The highest BCUT2D eigenvalue weighted by molar-refractivity contribution is 5.77. The number of piperidine rings is 1. The molecule has 0 bridgehead atoms. The van der Waals surface area contributed by atoms with Gasteiger partial charge in [0, 0.05) is 25.8 Å². The minimum Gasteiger partial charge on any atom is -0.484 e. The Morgan fingerprint density at radius 2 is 2.04 bits per heavy atom. The van der Waals surface area contributed by atoms with Gasteiger partial charge in [-0.15, -0.1) is 0 Å². The van der Waals surface area contributed by atoms with Crippen LogP contribution < -0.4 is 15.0 Å². The van der Waals surface area contributed by atoms with E-state index in [9.17, 15) is 14.4 Å². The number of aromatic nitrogens is 1. The largest absolute Gasteiger partial charge is 0.484 e. The zero-order valence-corrected chi connectivity index (χ0v) is 14.9. The van der Waals surface area contributed by atoms with E-state index < -0.39 is 0 Å². The molecule has 7 heteroatoms. The first-order valence-electron chi connectivity index (χ1n) is 8.91. The molecule has 2 aromatic rings. The third kappa shape index (κ3) is 5.17. The van der Waals surface area contributed by atoms with Crippen LogP contribution in [0.5, 0.6) is 5.75 Å². The Labute approximate surface area is 157 Å². The molecule has 1 aliphatic heterocycles. The number of rotatable bonds is 6. The Morgan fingerprint density at radius 1 is 1.30 bits per heavy atom. The van der Waals surface area contributed by atoms with Gasteiger partial charge in [0.1, 0.15) is 23.5 Å². The highest BCUT2D eigenvalue weighted by atomic mass is 19.1. The van der Waals surface area contributed by atoms with Gasteiger partial charge in [0.25, 0.3) is 5.91 Å². The van der Waals surface area contributed by atoms with Gasteiger partial charge in [0.05, 0.1) is 5.56 Å². The van der Waals surface area contributed by atoms with Crippen molar-refractivity contribution < 1.29 is 13.9 Å². The average Bonchev–Trinajstić information content (AvgIpc) is 2.72. The van der Waals surface area contributed by atoms with Crippen molar-refractivity contribution in [1.82, 2.24) is 10.3 Å². The Kier molecular flexibility index (Phi) is 6.21. The number of hydrogen-bond acceptors (Lipinski definition) is 5. The van der Waals surface area contributed by atoms with Crippen molar-refractivity contribution >= 4 is 11.7 Å². The molecule has 1 aliphatic rings. The summed E-state index contributed by atoms with van der Waals surface area (Å²) >= 11 is 0. The molecule has 2 heterocycles. The van der Waals surface area contributed by atoms with Gasteiger partial charge in [-0.2, -0.15) is 5.26 Å². The van der Waals surface area contributed by atoms with Gasteiger partial charge in [0.15, 0.2) is 6.61 Å². The summed E-state index contributed by atoms with van der Waals surface area (Å²) in [6.07, 6.45) is 3.53. The van der Waals surface area contributed by atoms with E-state index in [2.05, 4.69) is 21.3 Å². The third-order valence-electron chi connectivity index (χ3n) is 4.59. The van der Waals surface area contributed by atoms with Crippen molar-refractivity contribution in [1.29, 1.82) is 5.26 Å². The summed E-state index contributed by atoms with van der Waals surface area (Å²) in [6.45, 7) is 2.10. The van der Waals surface area contributed by atoms with E-state index in [1.807, 2.05) is 0 Å². The fourth-order valence-corrected chi connectivity index (χ4v) is 3.07. The van der Waals surface area contributed by atoms with Crippen LogP contribution in [0.25, 0.3) is 0 Å². The van der Waals surface area contributed by atoms with Crippen molar-refractivity contribution in [2.75, 3.05) is 31.1 Å². The second kappa shape index (κ2) is 8.99. The molecule has 140 valence electrons. The number of carbonyl (C=O) groups is 1. The number of carbonyl (C=O) groups excluding carboxylic acids is 1. The summed E-state index contributed by atoms with van der Waals surface area (Å²) in [5, 5.41) is 12.1. The standard InChI is InChI=1S/C20H21FN4O2/c21-17-3-5-18(6-4-17)27-14-19(26)24-13-15-7-10-25(11-8-15)20-16(12-22)2-1-9-23-20/h1-6,9,15H,7-8,10-11,13-14H2,(H,24,26). The predicted molar refractivity (Wildman–Crippen MR) is 98.8 cm³/mol. The van der Waals surface area contributed by atoms with E-state index in [1.54, 1.807) is 18.3 Å². The second-order valence-corrected chi connectivity index (χ2v) is 6.46. The number of nitrogens with one attached hydrogen (secondary N) is 1. The van der Waals surface area contributed by atoms with Crippen molar-refractivity contribution in [2.24, 2.45) is 5.92 Å². The van der Waals surface area contributed by atoms with Gasteiger partial charge in [0.2, 0.25) is 0 Å². The van der Waals surface area contributed by atoms with Gasteiger partial charge in [-0.05, 0) is 55.2 Å². The van der Waals surface area contributed by atoms with E-state index in [4.69, 9.17) is 4.74 Å². The first kappa shape index (κ1) is 18.6. The van der Waals surface area contributed by atoms with E-state index in [0.717, 1.165) is 31.7 Å². The number of pyridine rings is 1. The number of nitrogens with zero attached hydrogens (tertiary/aromatic N) is 3. The number of ether oxygens (including phenoxy) is 1. The first-order chi connectivity index (χ1) is 13.2. The Hall–Kier alpha value is -3.14. The molecule has 1 fully saturated rings. The van der Waals surface area contributed by atoms with Crippen molar-refractivity contribution in [3.63, 3.8) is 0 Å². The van der Waals surface area contributed by atoms with Gasteiger partial charge in [-0.1, -0.05) is 0 Å². The molecule has 1 aromatic heterocycles. The lowest BCUT2D eigenvalue weighted by atomic mass is 9.96. The highest BCUT2D eigenvalue weighted by Gasteiger charge is 2.22. The number of amides is 1. The zero-order chi connectivity index (χ0) is 19.1. The van der Waals surface area contributed by atoms with Crippen LogP contribution in [0.4, 0.5) is 10.2 Å². The number of anilines is 1. The molecule has 0 aliphatic carbocycles. The summed E-state index contributed by atoms with van der Waals surface area (Å²) in [7, 11) is 0. The molecular formula is C20H21FN4O2. The van der Waals surface area contributed by atoms with Crippen LogP contribution >= 0.6 is 0 Å². The van der Waals surface area contributed by atoms with E-state index in [1.165, 1.54) is 24.3 Å². The molecule has 6 nitrogen and oxygen atoms in total. The van der Waals surface area contributed by atoms with Crippen LogP contribution in [-0.2, 0) is 4.79 Å². The summed E-state index contributed by atoms with van der Waals surface area (Å²) in [5.41, 5.74) is 0.585. The third-order valence-corrected chi connectivity index (χ3v) is 4.59. The first-order valence-corrected chi connectivity index (χ1v) is 8.91. The normalized spacial score (nSPS) is 14.4. The zero-order valence-electron chi connectivity index (χ0n) is 14.9. The number of hydrogen-bond donors (Lipinski definition) is 1. The van der Waals surface area contributed by atoms with Crippen LogP contribution in [0.2, 0.25) is 0 Å². The van der Waals surface area contributed by atoms with Crippen molar-refractivity contribution in [3.05, 3.63) is 54.0 Å².